The summed E-state index contributed by atoms with van der Waals surface area (Å²) in [5, 5.41) is 3.60. The molecule has 43 heavy (non-hydrogen) atoms. The number of benzene rings is 3. The van der Waals surface area contributed by atoms with Gasteiger partial charge in [0.15, 0.2) is 11.5 Å². The highest BCUT2D eigenvalue weighted by Crippen LogP contribution is 2.38. The van der Waals surface area contributed by atoms with Gasteiger partial charge in [-0.1, -0.05) is 60.7 Å². The molecule has 2 saturated heterocycles. The van der Waals surface area contributed by atoms with Gasteiger partial charge in [-0.15, -0.1) is 0 Å². The first-order valence-electron chi connectivity index (χ1n) is 15.4. The van der Waals surface area contributed by atoms with Gasteiger partial charge in [0, 0.05) is 38.8 Å². The molecule has 2 heterocycles. The predicted molar refractivity (Wildman–Crippen MR) is 170 cm³/mol. The van der Waals surface area contributed by atoms with Crippen LogP contribution in [0.2, 0.25) is 0 Å². The molecule has 0 bridgehead atoms. The molecular formula is C35H46N4O4. The van der Waals surface area contributed by atoms with Gasteiger partial charge in [-0.2, -0.15) is 0 Å². The molecule has 0 spiro atoms. The van der Waals surface area contributed by atoms with Crippen LogP contribution in [0.4, 0.5) is 0 Å². The summed E-state index contributed by atoms with van der Waals surface area (Å²) >= 11 is 0. The number of hydrogen-bond donors (Lipinski definition) is 1. The highest BCUT2D eigenvalue weighted by atomic mass is 16.5. The minimum atomic E-state index is 0.0249. The summed E-state index contributed by atoms with van der Waals surface area (Å²) in [6, 6.07) is 25.6. The van der Waals surface area contributed by atoms with Crippen LogP contribution in [0, 0.1) is 0 Å². The van der Waals surface area contributed by atoms with Gasteiger partial charge in [-0.3, -0.25) is 14.6 Å². The Morgan fingerprint density at radius 2 is 1.44 bits per heavy atom. The molecule has 2 aliphatic heterocycles. The van der Waals surface area contributed by atoms with Crippen molar-refractivity contribution in [2.24, 2.45) is 0 Å². The fourth-order valence-electron chi connectivity index (χ4n) is 6.34. The summed E-state index contributed by atoms with van der Waals surface area (Å²) in [5.41, 5.74) is 3.67. The topological polar surface area (TPSA) is 66.5 Å². The Morgan fingerprint density at radius 3 is 2.07 bits per heavy atom. The maximum atomic E-state index is 13.6. The number of rotatable bonds is 12. The number of hydrogen-bond acceptors (Lipinski definition) is 7. The maximum absolute atomic E-state index is 13.6. The minimum Gasteiger partial charge on any atom is -0.493 e. The SMILES string of the molecule is COc1cc(CCN2CCN(C(=O)CNC3CCN(Cc4ccccc4)CC3)C(c3ccccc3)C2)cc(OC)c1OC. The zero-order chi connectivity index (χ0) is 30.0. The average Bonchev–Trinajstić information content (AvgIpc) is 3.07. The van der Waals surface area contributed by atoms with Gasteiger partial charge in [0.1, 0.15) is 0 Å². The molecule has 1 atom stereocenters. The lowest BCUT2D eigenvalue weighted by molar-refractivity contribution is -0.135. The molecule has 230 valence electrons. The smallest absolute Gasteiger partial charge is 0.237 e. The van der Waals surface area contributed by atoms with Crippen molar-refractivity contribution in [3.8, 4) is 17.2 Å². The molecule has 5 rings (SSSR count). The molecule has 0 aliphatic carbocycles. The lowest BCUT2D eigenvalue weighted by atomic mass is 10.0. The van der Waals surface area contributed by atoms with E-state index in [1.165, 1.54) is 11.1 Å². The Kier molecular flexibility index (Phi) is 10.9. The van der Waals surface area contributed by atoms with Gasteiger partial charge in [0.05, 0.1) is 33.9 Å². The van der Waals surface area contributed by atoms with Crippen LogP contribution in [0.15, 0.2) is 72.8 Å². The number of nitrogens with one attached hydrogen (secondary N) is 1. The second kappa shape index (κ2) is 15.2. The second-order valence-electron chi connectivity index (χ2n) is 11.5. The van der Waals surface area contributed by atoms with Crippen LogP contribution in [0.3, 0.4) is 0 Å². The zero-order valence-corrected chi connectivity index (χ0v) is 25.8. The third-order valence-electron chi connectivity index (χ3n) is 8.79. The fraction of sp³-hybridized carbons (Fsp3) is 0.457. The highest BCUT2D eigenvalue weighted by Gasteiger charge is 2.32. The third kappa shape index (κ3) is 8.07. The summed E-state index contributed by atoms with van der Waals surface area (Å²) < 4.78 is 16.6. The lowest BCUT2D eigenvalue weighted by Crippen LogP contribution is -2.54. The van der Waals surface area contributed by atoms with Gasteiger partial charge in [-0.25, -0.2) is 0 Å². The Hall–Kier alpha value is -3.59. The second-order valence-corrected chi connectivity index (χ2v) is 11.5. The standard InChI is InChI=1S/C35H46N4O4/c1-41-32-22-28(23-33(42-2)35(32)43-3)14-17-38-20-21-39(31(26-38)29-12-8-5-9-13-29)34(40)24-36-30-15-18-37(19-16-30)25-27-10-6-4-7-11-27/h4-13,22-23,30-31,36H,14-21,24-26H2,1-3H3. The molecule has 1 N–H and O–H groups in total. The largest absolute Gasteiger partial charge is 0.493 e. The van der Waals surface area contributed by atoms with Crippen molar-refractivity contribution in [2.45, 2.75) is 37.9 Å². The summed E-state index contributed by atoms with van der Waals surface area (Å²) in [4.78, 5) is 20.7. The first kappa shape index (κ1) is 30.9. The number of carbonyl (C=O) groups is 1. The van der Waals surface area contributed by atoms with Crippen LogP contribution < -0.4 is 19.5 Å². The van der Waals surface area contributed by atoms with Gasteiger partial charge < -0.3 is 24.4 Å². The van der Waals surface area contributed by atoms with E-state index in [0.717, 1.165) is 64.1 Å². The number of methoxy groups -OCH3 is 3. The predicted octanol–water partition coefficient (Wildman–Crippen LogP) is 4.39. The van der Waals surface area contributed by atoms with Crippen molar-refractivity contribution in [3.63, 3.8) is 0 Å². The van der Waals surface area contributed by atoms with E-state index >= 15 is 0 Å². The normalized spacial score (nSPS) is 18.4. The fourth-order valence-corrected chi connectivity index (χ4v) is 6.34. The Bertz CT molecular complexity index is 1270. The summed E-state index contributed by atoms with van der Waals surface area (Å²) in [6.45, 7) is 6.73. The lowest BCUT2D eigenvalue weighted by Gasteiger charge is -2.42. The molecule has 1 unspecified atom stereocenters. The number of nitrogens with zero attached hydrogens (tertiary/aromatic N) is 3. The van der Waals surface area contributed by atoms with E-state index in [2.05, 4.69) is 74.6 Å². The highest BCUT2D eigenvalue weighted by molar-refractivity contribution is 5.79. The van der Waals surface area contributed by atoms with Crippen LogP contribution in [-0.2, 0) is 17.8 Å². The van der Waals surface area contributed by atoms with Crippen molar-refractivity contribution in [2.75, 3.05) is 67.1 Å². The van der Waals surface area contributed by atoms with Crippen molar-refractivity contribution >= 4 is 5.91 Å². The molecule has 8 nitrogen and oxygen atoms in total. The molecular weight excluding hydrogens is 540 g/mol. The van der Waals surface area contributed by atoms with Crippen molar-refractivity contribution in [3.05, 3.63) is 89.5 Å². The van der Waals surface area contributed by atoms with E-state index < -0.39 is 0 Å². The number of piperazine rings is 1. The molecule has 2 aliphatic rings. The number of ether oxygens (including phenoxy) is 3. The maximum Gasteiger partial charge on any atom is 0.237 e. The first-order valence-corrected chi connectivity index (χ1v) is 15.4. The Labute approximate surface area is 256 Å². The van der Waals surface area contributed by atoms with E-state index in [1.54, 1.807) is 21.3 Å². The van der Waals surface area contributed by atoms with E-state index in [1.807, 2.05) is 18.2 Å². The van der Waals surface area contributed by atoms with Crippen molar-refractivity contribution in [1.29, 1.82) is 0 Å². The van der Waals surface area contributed by atoms with Crippen molar-refractivity contribution in [1.82, 2.24) is 20.0 Å². The molecule has 0 radical (unpaired) electrons. The van der Waals surface area contributed by atoms with E-state index in [0.29, 0.717) is 36.4 Å². The van der Waals surface area contributed by atoms with Crippen molar-refractivity contribution < 1.29 is 19.0 Å². The molecule has 8 heteroatoms. The van der Waals surface area contributed by atoms with E-state index in [-0.39, 0.29) is 11.9 Å². The number of piperidine rings is 1. The van der Waals surface area contributed by atoms with Crippen LogP contribution in [0.5, 0.6) is 17.2 Å². The van der Waals surface area contributed by atoms with Gasteiger partial charge >= 0.3 is 0 Å². The molecule has 2 fully saturated rings. The number of carbonyl (C=O) groups excluding carboxylic acids is 1. The minimum absolute atomic E-state index is 0.0249. The van der Waals surface area contributed by atoms with E-state index in [4.69, 9.17) is 14.2 Å². The van der Waals surface area contributed by atoms with Gasteiger partial charge in [0.25, 0.3) is 0 Å². The summed E-state index contributed by atoms with van der Waals surface area (Å²) in [7, 11) is 4.91. The molecule has 0 saturated carbocycles. The summed E-state index contributed by atoms with van der Waals surface area (Å²) in [5.74, 6) is 2.13. The van der Waals surface area contributed by atoms with Crippen LogP contribution in [0.1, 0.15) is 35.6 Å². The first-order chi connectivity index (χ1) is 21.1. The molecule has 1 amide bonds. The van der Waals surface area contributed by atoms with Gasteiger partial charge in [0.2, 0.25) is 11.7 Å². The number of amides is 1. The average molecular weight is 587 g/mol. The Balaban J connectivity index is 1.16. The van der Waals surface area contributed by atoms with E-state index in [9.17, 15) is 4.79 Å². The quantitative estimate of drug-likeness (QED) is 0.338. The third-order valence-corrected chi connectivity index (χ3v) is 8.79. The molecule has 3 aromatic carbocycles. The molecule has 0 aromatic heterocycles. The van der Waals surface area contributed by atoms with Crippen LogP contribution in [0.25, 0.3) is 0 Å². The van der Waals surface area contributed by atoms with Crippen LogP contribution in [-0.4, -0.2) is 93.8 Å². The monoisotopic (exact) mass is 586 g/mol. The van der Waals surface area contributed by atoms with Crippen LogP contribution >= 0.6 is 0 Å². The summed E-state index contributed by atoms with van der Waals surface area (Å²) in [6.07, 6.45) is 2.98. The molecule has 3 aromatic rings. The Morgan fingerprint density at radius 1 is 0.791 bits per heavy atom. The van der Waals surface area contributed by atoms with Gasteiger partial charge in [-0.05, 0) is 61.2 Å². The number of likely N-dealkylation sites (tertiary alicyclic amines) is 1. The zero-order valence-electron chi connectivity index (χ0n) is 25.8.